The fraction of sp³-hybridized carbons (Fsp3) is 0.550. The molecule has 3 rings (SSSR count). The molecule has 1 aliphatic heterocycles. The van der Waals surface area contributed by atoms with Crippen molar-refractivity contribution in [3.8, 4) is 29.4 Å². The number of nitriles is 2. The molecule has 3 atom stereocenters. The average molecular weight is 465 g/mol. The van der Waals surface area contributed by atoms with E-state index in [0.717, 1.165) is 0 Å². The molecule has 0 radical (unpaired) electrons. The first kappa shape index (κ1) is 23.4. The van der Waals surface area contributed by atoms with E-state index >= 15 is 0 Å². The van der Waals surface area contributed by atoms with Gasteiger partial charge < -0.3 is 30.2 Å². The maximum Gasteiger partial charge on any atom is 0.203 e. The Balaban J connectivity index is 2.23. The van der Waals surface area contributed by atoms with Crippen molar-refractivity contribution in [1.82, 2.24) is 0 Å². The largest absolute Gasteiger partial charge is 0.493 e. The van der Waals surface area contributed by atoms with Gasteiger partial charge in [-0.05, 0) is 17.7 Å². The zero-order chi connectivity index (χ0) is 22.9. The SMILES string of the molecule is COc1cc([C@@H]2[C@]3(C#N)C(N)=NC(SCCO)(SCCO)[C@@]23C#N)cc(OC)c1OC. The smallest absolute Gasteiger partial charge is 0.203 e. The minimum atomic E-state index is -1.35. The summed E-state index contributed by atoms with van der Waals surface area (Å²) in [6.45, 7) is -0.255. The van der Waals surface area contributed by atoms with Crippen LogP contribution in [0.2, 0.25) is 0 Å². The van der Waals surface area contributed by atoms with Crippen molar-refractivity contribution in [2.75, 3.05) is 46.0 Å². The van der Waals surface area contributed by atoms with Gasteiger partial charge in [-0.2, -0.15) is 10.5 Å². The molecular formula is C20H24N4O5S2. The molecule has 9 nitrogen and oxygen atoms in total. The van der Waals surface area contributed by atoms with Crippen molar-refractivity contribution in [2.45, 2.75) is 10.1 Å². The quantitative estimate of drug-likeness (QED) is 0.432. The maximum atomic E-state index is 10.4. The summed E-state index contributed by atoms with van der Waals surface area (Å²) in [4.78, 5) is 4.57. The molecule has 0 unspecified atom stereocenters. The van der Waals surface area contributed by atoms with Gasteiger partial charge in [0.2, 0.25) is 5.75 Å². The highest BCUT2D eigenvalue weighted by Gasteiger charge is 2.92. The summed E-state index contributed by atoms with van der Waals surface area (Å²) in [6.07, 6.45) is 0. The van der Waals surface area contributed by atoms with Crippen LogP contribution in [-0.2, 0) is 0 Å². The van der Waals surface area contributed by atoms with E-state index in [1.54, 1.807) is 12.1 Å². The average Bonchev–Trinajstić information content (AvgIpc) is 3.38. The van der Waals surface area contributed by atoms with Crippen LogP contribution >= 0.6 is 23.5 Å². The summed E-state index contributed by atoms with van der Waals surface area (Å²) in [5.74, 6) is 1.24. The Labute approximate surface area is 189 Å². The van der Waals surface area contributed by atoms with Gasteiger partial charge in [-0.1, -0.05) is 0 Å². The molecule has 1 aliphatic carbocycles. The van der Waals surface area contributed by atoms with E-state index in [1.165, 1.54) is 44.9 Å². The summed E-state index contributed by atoms with van der Waals surface area (Å²) in [5, 5.41) is 39.5. The van der Waals surface area contributed by atoms with Gasteiger partial charge in [0.05, 0.1) is 46.7 Å². The number of methoxy groups -OCH3 is 3. The van der Waals surface area contributed by atoms with Gasteiger partial charge in [-0.15, -0.1) is 23.5 Å². The summed E-state index contributed by atoms with van der Waals surface area (Å²) in [6, 6.07) is 8.07. The minimum Gasteiger partial charge on any atom is -0.493 e. The van der Waals surface area contributed by atoms with Gasteiger partial charge in [-0.3, -0.25) is 0 Å². The Morgan fingerprint density at radius 2 is 1.58 bits per heavy atom. The first-order valence-electron chi connectivity index (χ1n) is 9.41. The van der Waals surface area contributed by atoms with Crippen molar-refractivity contribution in [3.63, 3.8) is 0 Å². The number of fused-ring (bicyclic) bond motifs is 1. The molecule has 0 saturated heterocycles. The Bertz CT molecular complexity index is 942. The van der Waals surface area contributed by atoms with Crippen LogP contribution in [0.25, 0.3) is 0 Å². The molecular weight excluding hydrogens is 440 g/mol. The van der Waals surface area contributed by atoms with Gasteiger partial charge in [0.1, 0.15) is 16.7 Å². The Morgan fingerprint density at radius 1 is 1.03 bits per heavy atom. The third-order valence-electron chi connectivity index (χ3n) is 5.73. The van der Waals surface area contributed by atoms with E-state index in [0.29, 0.717) is 34.3 Å². The lowest BCUT2D eigenvalue weighted by atomic mass is 9.97. The highest BCUT2D eigenvalue weighted by Crippen LogP contribution is 2.85. The van der Waals surface area contributed by atoms with Crippen LogP contribution in [0.4, 0.5) is 0 Å². The molecule has 1 aromatic carbocycles. The van der Waals surface area contributed by atoms with Crippen molar-refractivity contribution < 1.29 is 24.4 Å². The number of aliphatic hydroxyl groups excluding tert-OH is 2. The third kappa shape index (κ3) is 2.95. The lowest BCUT2D eigenvalue weighted by Gasteiger charge is -2.31. The fourth-order valence-electron chi connectivity index (χ4n) is 4.49. The summed E-state index contributed by atoms with van der Waals surface area (Å²) < 4.78 is 15.1. The molecule has 1 aromatic rings. The second kappa shape index (κ2) is 8.67. The number of hydrogen-bond acceptors (Lipinski definition) is 11. The number of benzene rings is 1. The zero-order valence-electron chi connectivity index (χ0n) is 17.4. The van der Waals surface area contributed by atoms with Crippen LogP contribution in [-0.4, -0.2) is 66.3 Å². The Hall–Kier alpha value is -2.31. The van der Waals surface area contributed by atoms with Crippen LogP contribution < -0.4 is 19.9 Å². The van der Waals surface area contributed by atoms with E-state index in [4.69, 9.17) is 19.9 Å². The fourth-order valence-corrected chi connectivity index (χ4v) is 7.49. The van der Waals surface area contributed by atoms with Crippen LogP contribution in [0.3, 0.4) is 0 Å². The normalized spacial score (nSPS) is 27.5. The lowest BCUT2D eigenvalue weighted by Crippen LogP contribution is -2.32. The standard InChI is InChI=1S/C20H24N4O5S2/c1-27-13-8-12(9-14(28-2)15(13)29-3)16-18(10-21)17(23)24-20(30-6-4-25,31-7-5-26)19(16,18)11-22/h8-9,16,25-26H,4-7H2,1-3H3,(H2,23,24)/t16-,18-,19+/m1/s1. The molecule has 11 heteroatoms. The lowest BCUT2D eigenvalue weighted by molar-refractivity contribution is 0.321. The highest BCUT2D eigenvalue weighted by molar-refractivity contribution is 8.18. The van der Waals surface area contributed by atoms with Gasteiger partial charge >= 0.3 is 0 Å². The van der Waals surface area contributed by atoms with Gasteiger partial charge in [0.25, 0.3) is 0 Å². The molecule has 0 aromatic heterocycles. The molecule has 1 saturated carbocycles. The topological polar surface area (TPSA) is 154 Å². The van der Waals surface area contributed by atoms with Crippen molar-refractivity contribution in [3.05, 3.63) is 17.7 Å². The van der Waals surface area contributed by atoms with Gasteiger partial charge in [-0.25, -0.2) is 4.99 Å². The molecule has 166 valence electrons. The molecule has 0 amide bonds. The summed E-state index contributed by atoms with van der Waals surface area (Å²) in [5.41, 5.74) is 4.29. The van der Waals surface area contributed by atoms with E-state index in [2.05, 4.69) is 17.1 Å². The monoisotopic (exact) mass is 464 g/mol. The van der Waals surface area contributed by atoms with Crippen molar-refractivity contribution >= 4 is 29.4 Å². The third-order valence-corrected chi connectivity index (χ3v) is 8.82. The maximum absolute atomic E-state index is 10.4. The number of thioether (sulfide) groups is 2. The van der Waals surface area contributed by atoms with Gasteiger partial charge in [0.15, 0.2) is 15.7 Å². The molecule has 0 bridgehead atoms. The number of rotatable bonds is 10. The van der Waals surface area contributed by atoms with E-state index in [1.807, 2.05) is 0 Å². The van der Waals surface area contributed by atoms with Gasteiger partial charge in [0, 0.05) is 17.4 Å². The number of aliphatic imine (C=N–C) groups is 1. The number of ether oxygens (including phenoxy) is 3. The summed E-state index contributed by atoms with van der Waals surface area (Å²) >= 11 is 2.52. The first-order valence-corrected chi connectivity index (χ1v) is 11.4. The second-order valence-corrected chi connectivity index (χ2v) is 9.79. The van der Waals surface area contributed by atoms with Crippen LogP contribution in [0.15, 0.2) is 17.1 Å². The molecule has 4 N–H and O–H groups in total. The number of hydrogen-bond donors (Lipinski definition) is 3. The number of aliphatic hydroxyl groups is 2. The second-order valence-electron chi connectivity index (χ2n) is 6.95. The summed E-state index contributed by atoms with van der Waals surface area (Å²) in [7, 11) is 4.47. The predicted octanol–water partition coefficient (Wildman–Crippen LogP) is 1.31. The molecule has 0 spiro atoms. The van der Waals surface area contributed by atoms with E-state index in [9.17, 15) is 20.7 Å². The van der Waals surface area contributed by atoms with E-state index < -0.39 is 21.0 Å². The molecule has 1 fully saturated rings. The predicted molar refractivity (Wildman–Crippen MR) is 118 cm³/mol. The van der Waals surface area contributed by atoms with Crippen LogP contribution in [0.1, 0.15) is 11.5 Å². The number of nitrogens with zero attached hydrogens (tertiary/aromatic N) is 3. The van der Waals surface area contributed by atoms with E-state index in [-0.39, 0.29) is 19.0 Å². The first-order chi connectivity index (χ1) is 14.9. The highest BCUT2D eigenvalue weighted by atomic mass is 32.2. The molecule has 2 aliphatic rings. The van der Waals surface area contributed by atoms with Crippen molar-refractivity contribution in [2.24, 2.45) is 21.6 Å². The van der Waals surface area contributed by atoms with Crippen LogP contribution in [0.5, 0.6) is 17.2 Å². The number of nitrogens with two attached hydrogens (primary N) is 1. The van der Waals surface area contributed by atoms with Crippen molar-refractivity contribution in [1.29, 1.82) is 10.5 Å². The number of amidine groups is 1. The Morgan fingerprint density at radius 3 is 1.97 bits per heavy atom. The Kier molecular flexibility index (Phi) is 6.53. The molecule has 1 heterocycles. The molecule has 31 heavy (non-hydrogen) atoms. The minimum absolute atomic E-state index is 0.0752. The van der Waals surface area contributed by atoms with Crippen LogP contribution in [0, 0.1) is 33.5 Å². The zero-order valence-corrected chi connectivity index (χ0v) is 19.0.